The van der Waals surface area contributed by atoms with Gasteiger partial charge in [0.25, 0.3) is 10.1 Å². The average molecular weight is 405 g/mol. The summed E-state index contributed by atoms with van der Waals surface area (Å²) in [4.78, 5) is 0.0568. The third-order valence-electron chi connectivity index (χ3n) is 5.46. The molecule has 0 spiro atoms. The van der Waals surface area contributed by atoms with Gasteiger partial charge in [-0.3, -0.25) is 4.55 Å². The zero-order chi connectivity index (χ0) is 20.4. The fraction of sp³-hybridized carbons (Fsp3) is 0.583. The normalized spacial score (nSPS) is 12.0. The number of fused-ring (bicyclic) bond motifs is 1. The zero-order valence-electron chi connectivity index (χ0n) is 17.5. The maximum absolute atomic E-state index is 12.0. The number of unbranched alkanes of at least 4 members (excludes halogenated alkanes) is 8. The Kier molecular flexibility index (Phi) is 9.46. The third kappa shape index (κ3) is 7.21. The summed E-state index contributed by atoms with van der Waals surface area (Å²) in [5, 5.41) is 1.54. The van der Waals surface area contributed by atoms with Crippen molar-refractivity contribution < 1.29 is 13.0 Å². The highest BCUT2D eigenvalue weighted by Gasteiger charge is 2.16. The molecule has 2 aromatic carbocycles. The van der Waals surface area contributed by atoms with Crippen LogP contribution < -0.4 is 0 Å². The van der Waals surface area contributed by atoms with Crippen LogP contribution in [0, 0.1) is 0 Å². The largest absolute Gasteiger partial charge is 0.295 e. The van der Waals surface area contributed by atoms with Gasteiger partial charge in [0.1, 0.15) is 4.90 Å². The Labute approximate surface area is 171 Å². The van der Waals surface area contributed by atoms with Crippen molar-refractivity contribution in [3.63, 3.8) is 0 Å². The van der Waals surface area contributed by atoms with Crippen molar-refractivity contribution >= 4 is 20.9 Å². The first-order valence-electron chi connectivity index (χ1n) is 11.0. The van der Waals surface area contributed by atoms with Gasteiger partial charge in [-0.15, -0.1) is 0 Å². The van der Waals surface area contributed by atoms with E-state index in [1.807, 2.05) is 12.1 Å². The van der Waals surface area contributed by atoms with E-state index in [1.54, 1.807) is 6.07 Å². The van der Waals surface area contributed by atoms with Gasteiger partial charge in [-0.1, -0.05) is 83.4 Å². The summed E-state index contributed by atoms with van der Waals surface area (Å²) in [5.41, 5.74) is 2.13. The van der Waals surface area contributed by atoms with Crippen LogP contribution in [0.3, 0.4) is 0 Å². The lowest BCUT2D eigenvalue weighted by Gasteiger charge is -2.11. The molecule has 2 aromatic rings. The molecule has 0 aromatic heterocycles. The lowest BCUT2D eigenvalue weighted by Crippen LogP contribution is -2.01. The van der Waals surface area contributed by atoms with Crippen molar-refractivity contribution in [3.05, 3.63) is 41.5 Å². The first-order valence-corrected chi connectivity index (χ1v) is 12.4. The molecule has 2 rings (SSSR count). The monoisotopic (exact) mass is 404 g/mol. The molecule has 0 atom stereocenters. The van der Waals surface area contributed by atoms with Crippen molar-refractivity contribution in [2.45, 2.75) is 95.8 Å². The van der Waals surface area contributed by atoms with Crippen LogP contribution in [0.1, 0.15) is 89.2 Å². The van der Waals surface area contributed by atoms with Crippen LogP contribution in [-0.2, 0) is 23.0 Å². The summed E-state index contributed by atoms with van der Waals surface area (Å²) in [5.74, 6) is 0. The lowest BCUT2D eigenvalue weighted by molar-refractivity contribution is 0.484. The molecule has 0 heterocycles. The van der Waals surface area contributed by atoms with E-state index in [2.05, 4.69) is 26.0 Å². The fourth-order valence-electron chi connectivity index (χ4n) is 3.81. The topological polar surface area (TPSA) is 54.4 Å². The Hall–Kier alpha value is -1.39. The molecule has 0 unspecified atom stereocenters. The molecule has 0 bridgehead atoms. The number of hydrogen-bond acceptors (Lipinski definition) is 2. The van der Waals surface area contributed by atoms with E-state index in [-0.39, 0.29) is 4.90 Å². The van der Waals surface area contributed by atoms with E-state index < -0.39 is 10.1 Å². The van der Waals surface area contributed by atoms with Gasteiger partial charge in [0.15, 0.2) is 0 Å². The van der Waals surface area contributed by atoms with E-state index in [0.29, 0.717) is 5.39 Å². The molecule has 156 valence electrons. The number of rotatable bonds is 13. The Bertz CT molecular complexity index is 840. The molecule has 0 radical (unpaired) electrons. The number of aryl methyl sites for hydroxylation is 2. The van der Waals surface area contributed by atoms with Crippen molar-refractivity contribution in [3.8, 4) is 0 Å². The van der Waals surface area contributed by atoms with Gasteiger partial charge in [0, 0.05) is 5.39 Å². The maximum Gasteiger partial charge on any atom is 0.295 e. The number of hydrogen-bond donors (Lipinski definition) is 1. The van der Waals surface area contributed by atoms with Crippen molar-refractivity contribution in [1.29, 1.82) is 0 Å². The zero-order valence-corrected chi connectivity index (χ0v) is 18.4. The van der Waals surface area contributed by atoms with Crippen LogP contribution in [0.15, 0.2) is 35.2 Å². The third-order valence-corrected chi connectivity index (χ3v) is 6.35. The van der Waals surface area contributed by atoms with Crippen molar-refractivity contribution in [1.82, 2.24) is 0 Å². The van der Waals surface area contributed by atoms with Gasteiger partial charge in [-0.25, -0.2) is 0 Å². The van der Waals surface area contributed by atoms with Gasteiger partial charge in [-0.05, 0) is 54.3 Å². The second-order valence-corrected chi connectivity index (χ2v) is 9.34. The van der Waals surface area contributed by atoms with E-state index >= 15 is 0 Å². The molecule has 28 heavy (non-hydrogen) atoms. The SMILES string of the molecule is CCCCCCCc1cc(S(=O)(=O)O)c2cc(CCCCCCC)ccc2c1. The summed E-state index contributed by atoms with van der Waals surface area (Å²) in [7, 11) is -4.24. The second-order valence-electron chi connectivity index (χ2n) is 7.95. The van der Waals surface area contributed by atoms with Crippen LogP contribution >= 0.6 is 0 Å². The Balaban J connectivity index is 2.17. The molecular formula is C24H36O3S. The highest BCUT2D eigenvalue weighted by atomic mass is 32.2. The molecule has 0 aliphatic heterocycles. The quantitative estimate of drug-likeness (QED) is 0.286. The molecule has 0 saturated heterocycles. The summed E-state index contributed by atoms with van der Waals surface area (Å²) in [6.07, 6.45) is 13.7. The van der Waals surface area contributed by atoms with Crippen LogP contribution in [0.25, 0.3) is 10.8 Å². The Morgan fingerprint density at radius 1 is 0.714 bits per heavy atom. The summed E-state index contributed by atoms with van der Waals surface area (Å²) in [6, 6.07) is 9.80. The molecule has 4 heteroatoms. The highest BCUT2D eigenvalue weighted by molar-refractivity contribution is 7.86. The minimum absolute atomic E-state index is 0.0568. The molecular weight excluding hydrogens is 368 g/mol. The van der Waals surface area contributed by atoms with E-state index in [0.717, 1.165) is 48.6 Å². The summed E-state index contributed by atoms with van der Waals surface area (Å²) < 4.78 is 33.8. The molecule has 0 fully saturated rings. The standard InChI is InChI=1S/C24H36O3S/c1-3-5-7-9-11-13-20-15-16-22-17-21(14-12-10-8-6-4-2)19-24(23(22)18-20)28(25,26)27/h15-19H,3-14H2,1-2H3,(H,25,26,27). The van der Waals surface area contributed by atoms with E-state index in [4.69, 9.17) is 0 Å². The second kappa shape index (κ2) is 11.6. The minimum Gasteiger partial charge on any atom is -0.282 e. The highest BCUT2D eigenvalue weighted by Crippen LogP contribution is 2.28. The van der Waals surface area contributed by atoms with Gasteiger partial charge in [0.05, 0.1) is 0 Å². The molecule has 1 N–H and O–H groups in total. The Morgan fingerprint density at radius 3 is 1.86 bits per heavy atom. The predicted molar refractivity (Wildman–Crippen MR) is 119 cm³/mol. The minimum atomic E-state index is -4.24. The van der Waals surface area contributed by atoms with Gasteiger partial charge < -0.3 is 0 Å². The van der Waals surface area contributed by atoms with Crippen LogP contribution in [0.2, 0.25) is 0 Å². The maximum atomic E-state index is 12.0. The molecule has 0 amide bonds. The molecule has 0 aliphatic carbocycles. The van der Waals surface area contributed by atoms with Crippen LogP contribution in [-0.4, -0.2) is 13.0 Å². The van der Waals surface area contributed by atoms with Gasteiger partial charge >= 0.3 is 0 Å². The van der Waals surface area contributed by atoms with Crippen LogP contribution in [0.5, 0.6) is 0 Å². The van der Waals surface area contributed by atoms with Gasteiger partial charge in [0.2, 0.25) is 0 Å². The number of benzene rings is 2. The lowest BCUT2D eigenvalue weighted by atomic mass is 9.98. The summed E-state index contributed by atoms with van der Waals surface area (Å²) >= 11 is 0. The first-order chi connectivity index (χ1) is 13.5. The smallest absolute Gasteiger partial charge is 0.282 e. The van der Waals surface area contributed by atoms with E-state index in [1.165, 1.54) is 44.9 Å². The fourth-order valence-corrected chi connectivity index (χ4v) is 4.56. The molecule has 0 aliphatic rings. The van der Waals surface area contributed by atoms with Crippen LogP contribution in [0.4, 0.5) is 0 Å². The molecule has 3 nitrogen and oxygen atoms in total. The predicted octanol–water partition coefficient (Wildman–Crippen LogP) is 7.11. The average Bonchev–Trinajstić information content (AvgIpc) is 2.66. The Morgan fingerprint density at radius 2 is 1.29 bits per heavy atom. The molecule has 0 saturated carbocycles. The first kappa shape index (κ1) is 22.9. The summed E-state index contributed by atoms with van der Waals surface area (Å²) in [6.45, 7) is 4.40. The van der Waals surface area contributed by atoms with Crippen molar-refractivity contribution in [2.75, 3.05) is 0 Å². The van der Waals surface area contributed by atoms with Crippen molar-refractivity contribution in [2.24, 2.45) is 0 Å². The van der Waals surface area contributed by atoms with Gasteiger partial charge in [-0.2, -0.15) is 8.42 Å². The van der Waals surface area contributed by atoms with E-state index in [9.17, 15) is 13.0 Å².